The lowest BCUT2D eigenvalue weighted by Gasteiger charge is -2.39. The molecule has 5 nitrogen and oxygen atoms in total. The second-order valence-corrected chi connectivity index (χ2v) is 4.97. The molecule has 0 N–H and O–H groups in total. The highest BCUT2D eigenvalue weighted by Gasteiger charge is 2.29. The van der Waals surface area contributed by atoms with E-state index >= 15 is 0 Å². The number of hydrogen-bond donors (Lipinski definition) is 0. The van der Waals surface area contributed by atoms with Crippen LogP contribution in [0, 0.1) is 0 Å². The molecule has 1 heterocycles. The van der Waals surface area contributed by atoms with Gasteiger partial charge in [0.15, 0.2) is 0 Å². The fourth-order valence-electron chi connectivity index (χ4n) is 2.45. The SMILES string of the molecule is C=C[C@H]1CN(C(=O)c2ccccc2)CCN1CC(=O)OC. The Morgan fingerprint density at radius 1 is 1.33 bits per heavy atom. The summed E-state index contributed by atoms with van der Waals surface area (Å²) >= 11 is 0. The molecule has 0 aliphatic carbocycles. The number of ether oxygens (including phenoxy) is 1. The number of nitrogens with zero attached hydrogens (tertiary/aromatic N) is 2. The highest BCUT2D eigenvalue weighted by molar-refractivity contribution is 5.94. The van der Waals surface area contributed by atoms with E-state index in [4.69, 9.17) is 4.74 Å². The van der Waals surface area contributed by atoms with Crippen LogP contribution >= 0.6 is 0 Å². The largest absolute Gasteiger partial charge is 0.468 e. The summed E-state index contributed by atoms with van der Waals surface area (Å²) < 4.78 is 4.69. The zero-order chi connectivity index (χ0) is 15.2. The molecule has 1 atom stereocenters. The van der Waals surface area contributed by atoms with Gasteiger partial charge in [-0.05, 0) is 12.1 Å². The van der Waals surface area contributed by atoms with Crippen molar-refractivity contribution in [2.24, 2.45) is 0 Å². The molecular weight excluding hydrogens is 268 g/mol. The van der Waals surface area contributed by atoms with E-state index in [1.807, 2.05) is 35.2 Å². The molecular formula is C16H20N2O3. The number of benzene rings is 1. The van der Waals surface area contributed by atoms with E-state index in [0.29, 0.717) is 25.2 Å². The average molecular weight is 288 g/mol. The number of carbonyl (C=O) groups is 2. The van der Waals surface area contributed by atoms with Gasteiger partial charge in [0.2, 0.25) is 0 Å². The summed E-state index contributed by atoms with van der Waals surface area (Å²) in [7, 11) is 1.38. The van der Waals surface area contributed by atoms with Crippen molar-refractivity contribution in [3.8, 4) is 0 Å². The van der Waals surface area contributed by atoms with Crippen LogP contribution in [0.3, 0.4) is 0 Å². The Hall–Kier alpha value is -2.14. The van der Waals surface area contributed by atoms with E-state index in [-0.39, 0.29) is 24.5 Å². The van der Waals surface area contributed by atoms with Crippen molar-refractivity contribution in [3.05, 3.63) is 48.6 Å². The summed E-state index contributed by atoms with van der Waals surface area (Å²) in [6.45, 7) is 5.78. The molecule has 0 radical (unpaired) electrons. The molecule has 1 amide bonds. The maximum Gasteiger partial charge on any atom is 0.319 e. The molecule has 0 aromatic heterocycles. The Labute approximate surface area is 124 Å². The van der Waals surface area contributed by atoms with Gasteiger partial charge in [0.05, 0.1) is 13.7 Å². The van der Waals surface area contributed by atoms with Gasteiger partial charge in [-0.15, -0.1) is 6.58 Å². The highest BCUT2D eigenvalue weighted by atomic mass is 16.5. The number of carbonyl (C=O) groups excluding carboxylic acids is 2. The number of methoxy groups -OCH3 is 1. The summed E-state index contributed by atoms with van der Waals surface area (Å²) in [5, 5.41) is 0. The number of hydrogen-bond acceptors (Lipinski definition) is 4. The van der Waals surface area contributed by atoms with Gasteiger partial charge < -0.3 is 9.64 Å². The van der Waals surface area contributed by atoms with Crippen LogP contribution in [0.25, 0.3) is 0 Å². The van der Waals surface area contributed by atoms with E-state index < -0.39 is 0 Å². The lowest BCUT2D eigenvalue weighted by molar-refractivity contribution is -0.142. The molecule has 112 valence electrons. The highest BCUT2D eigenvalue weighted by Crippen LogP contribution is 2.14. The molecule has 0 spiro atoms. The Balaban J connectivity index is 2.02. The summed E-state index contributed by atoms with van der Waals surface area (Å²) in [4.78, 5) is 27.6. The van der Waals surface area contributed by atoms with Crippen LogP contribution in [0.15, 0.2) is 43.0 Å². The monoisotopic (exact) mass is 288 g/mol. The standard InChI is InChI=1S/C16H20N2O3/c1-3-14-11-18(10-9-17(14)12-15(19)21-2)16(20)13-7-5-4-6-8-13/h3-8,14H,1,9-12H2,2H3/t14-/m0/s1. The van der Waals surface area contributed by atoms with Crippen LogP contribution in [0.2, 0.25) is 0 Å². The van der Waals surface area contributed by atoms with Crippen molar-refractivity contribution < 1.29 is 14.3 Å². The molecule has 21 heavy (non-hydrogen) atoms. The van der Waals surface area contributed by atoms with Crippen molar-refractivity contribution >= 4 is 11.9 Å². The molecule has 1 aromatic carbocycles. The van der Waals surface area contributed by atoms with Crippen molar-refractivity contribution in [2.75, 3.05) is 33.3 Å². The first kappa shape index (κ1) is 15.3. The zero-order valence-corrected chi connectivity index (χ0v) is 12.2. The zero-order valence-electron chi connectivity index (χ0n) is 12.2. The van der Waals surface area contributed by atoms with Crippen molar-refractivity contribution in [3.63, 3.8) is 0 Å². The van der Waals surface area contributed by atoms with Crippen LogP contribution in [0.4, 0.5) is 0 Å². The Bertz CT molecular complexity index is 516. The molecule has 2 rings (SSSR count). The topological polar surface area (TPSA) is 49.9 Å². The lowest BCUT2D eigenvalue weighted by Crippen LogP contribution is -2.55. The third-order valence-electron chi connectivity index (χ3n) is 3.67. The third kappa shape index (κ3) is 3.70. The fourth-order valence-corrected chi connectivity index (χ4v) is 2.45. The normalized spacial score (nSPS) is 19.1. The van der Waals surface area contributed by atoms with Crippen LogP contribution in [-0.4, -0.2) is 61.0 Å². The minimum Gasteiger partial charge on any atom is -0.468 e. The number of rotatable bonds is 4. The van der Waals surface area contributed by atoms with Crippen LogP contribution in [-0.2, 0) is 9.53 Å². The predicted molar refractivity (Wildman–Crippen MR) is 79.9 cm³/mol. The first-order chi connectivity index (χ1) is 10.2. The molecule has 1 fully saturated rings. The summed E-state index contributed by atoms with van der Waals surface area (Å²) in [6, 6.07) is 9.18. The van der Waals surface area contributed by atoms with Crippen molar-refractivity contribution in [2.45, 2.75) is 6.04 Å². The van der Waals surface area contributed by atoms with E-state index in [1.54, 1.807) is 11.0 Å². The minimum absolute atomic E-state index is 0.0140. The number of esters is 1. The first-order valence-corrected chi connectivity index (χ1v) is 6.93. The molecule has 0 saturated carbocycles. The van der Waals surface area contributed by atoms with Crippen molar-refractivity contribution in [1.29, 1.82) is 0 Å². The molecule has 1 aliphatic heterocycles. The quantitative estimate of drug-likeness (QED) is 0.616. The fraction of sp³-hybridized carbons (Fsp3) is 0.375. The second kappa shape index (κ2) is 7.04. The summed E-state index contributed by atoms with van der Waals surface area (Å²) in [6.07, 6.45) is 1.77. The lowest BCUT2D eigenvalue weighted by atomic mass is 10.1. The van der Waals surface area contributed by atoms with Crippen LogP contribution < -0.4 is 0 Å². The van der Waals surface area contributed by atoms with E-state index in [1.165, 1.54) is 7.11 Å². The Morgan fingerprint density at radius 3 is 2.67 bits per heavy atom. The van der Waals surface area contributed by atoms with Gasteiger partial charge in [-0.1, -0.05) is 24.3 Å². The summed E-state index contributed by atoms with van der Waals surface area (Å²) in [5.41, 5.74) is 0.682. The molecule has 1 saturated heterocycles. The summed E-state index contributed by atoms with van der Waals surface area (Å²) in [5.74, 6) is -0.259. The number of piperazine rings is 1. The van der Waals surface area contributed by atoms with E-state index in [9.17, 15) is 9.59 Å². The van der Waals surface area contributed by atoms with Crippen LogP contribution in [0.5, 0.6) is 0 Å². The van der Waals surface area contributed by atoms with E-state index in [0.717, 1.165) is 0 Å². The van der Waals surface area contributed by atoms with Gasteiger partial charge in [-0.3, -0.25) is 14.5 Å². The van der Waals surface area contributed by atoms with Gasteiger partial charge >= 0.3 is 5.97 Å². The Kier molecular flexibility index (Phi) is 5.11. The average Bonchev–Trinajstić information content (AvgIpc) is 2.55. The predicted octanol–water partition coefficient (Wildman–Crippen LogP) is 1.17. The first-order valence-electron chi connectivity index (χ1n) is 6.93. The van der Waals surface area contributed by atoms with Crippen molar-refractivity contribution in [1.82, 2.24) is 9.80 Å². The van der Waals surface area contributed by atoms with Gasteiger partial charge in [0, 0.05) is 31.2 Å². The van der Waals surface area contributed by atoms with Gasteiger partial charge in [-0.25, -0.2) is 0 Å². The van der Waals surface area contributed by atoms with Gasteiger partial charge in [0.25, 0.3) is 5.91 Å². The molecule has 0 unspecified atom stereocenters. The van der Waals surface area contributed by atoms with E-state index in [2.05, 4.69) is 6.58 Å². The number of amides is 1. The maximum absolute atomic E-state index is 12.4. The second-order valence-electron chi connectivity index (χ2n) is 4.97. The molecule has 1 aliphatic rings. The van der Waals surface area contributed by atoms with Gasteiger partial charge in [0.1, 0.15) is 0 Å². The van der Waals surface area contributed by atoms with Gasteiger partial charge in [-0.2, -0.15) is 0 Å². The third-order valence-corrected chi connectivity index (χ3v) is 3.67. The molecule has 5 heteroatoms. The smallest absolute Gasteiger partial charge is 0.319 e. The molecule has 1 aromatic rings. The minimum atomic E-state index is -0.273. The maximum atomic E-state index is 12.4. The molecule has 0 bridgehead atoms. The Morgan fingerprint density at radius 2 is 2.05 bits per heavy atom. The van der Waals surface area contributed by atoms with Crippen LogP contribution in [0.1, 0.15) is 10.4 Å².